The van der Waals surface area contributed by atoms with Gasteiger partial charge in [-0.15, -0.1) is 5.10 Å². The van der Waals surface area contributed by atoms with Crippen molar-refractivity contribution in [2.45, 2.75) is 10.2 Å². The zero-order valence-electron chi connectivity index (χ0n) is 10.1. The fourth-order valence-corrected chi connectivity index (χ4v) is 2.52. The SMILES string of the molecule is Nc1cc(Cl)cnc1Sc1nnnn1-c1ccccc1. The topological polar surface area (TPSA) is 82.5 Å². The van der Waals surface area contributed by atoms with E-state index < -0.39 is 0 Å². The molecule has 3 rings (SSSR count). The second-order valence-corrected chi connectivity index (χ2v) is 5.25. The van der Waals surface area contributed by atoms with Crippen molar-refractivity contribution in [1.29, 1.82) is 0 Å². The molecule has 8 heteroatoms. The quantitative estimate of drug-likeness (QED) is 0.800. The fraction of sp³-hybridized carbons (Fsp3) is 0. The van der Waals surface area contributed by atoms with Crippen molar-refractivity contribution in [3.8, 4) is 5.69 Å². The Labute approximate surface area is 124 Å². The highest BCUT2D eigenvalue weighted by atomic mass is 35.5. The summed E-state index contributed by atoms with van der Waals surface area (Å²) in [5, 5.41) is 13.3. The van der Waals surface area contributed by atoms with E-state index >= 15 is 0 Å². The zero-order chi connectivity index (χ0) is 13.9. The summed E-state index contributed by atoms with van der Waals surface area (Å²) in [7, 11) is 0. The number of aromatic nitrogens is 5. The lowest BCUT2D eigenvalue weighted by molar-refractivity contribution is 0.756. The summed E-state index contributed by atoms with van der Waals surface area (Å²) < 4.78 is 1.63. The third kappa shape index (κ3) is 2.59. The van der Waals surface area contributed by atoms with Crippen LogP contribution in [0.15, 0.2) is 52.8 Å². The van der Waals surface area contributed by atoms with Gasteiger partial charge in [-0.3, -0.25) is 0 Å². The largest absolute Gasteiger partial charge is 0.396 e. The Balaban J connectivity index is 1.95. The Morgan fingerprint density at radius 3 is 2.75 bits per heavy atom. The number of rotatable bonds is 3. The number of nitrogens with two attached hydrogens (primary N) is 1. The van der Waals surface area contributed by atoms with E-state index in [4.69, 9.17) is 17.3 Å². The Bertz CT molecular complexity index is 730. The lowest BCUT2D eigenvalue weighted by atomic mass is 10.3. The van der Waals surface area contributed by atoms with Crippen LogP contribution >= 0.6 is 23.4 Å². The van der Waals surface area contributed by atoms with Crippen LogP contribution in [-0.4, -0.2) is 25.2 Å². The molecule has 2 aromatic heterocycles. The molecule has 1 aromatic carbocycles. The lowest BCUT2D eigenvalue weighted by Crippen LogP contribution is -1.99. The summed E-state index contributed by atoms with van der Waals surface area (Å²) >= 11 is 7.11. The van der Waals surface area contributed by atoms with Gasteiger partial charge in [0.2, 0.25) is 5.16 Å². The van der Waals surface area contributed by atoms with Gasteiger partial charge in [0, 0.05) is 6.20 Å². The van der Waals surface area contributed by atoms with E-state index in [2.05, 4.69) is 20.5 Å². The van der Waals surface area contributed by atoms with Gasteiger partial charge >= 0.3 is 0 Å². The van der Waals surface area contributed by atoms with Crippen LogP contribution in [0.3, 0.4) is 0 Å². The summed E-state index contributed by atoms with van der Waals surface area (Å²) in [5.41, 5.74) is 7.24. The van der Waals surface area contributed by atoms with Gasteiger partial charge in [0.1, 0.15) is 5.03 Å². The minimum atomic E-state index is 0.491. The summed E-state index contributed by atoms with van der Waals surface area (Å²) in [6.07, 6.45) is 1.54. The Morgan fingerprint density at radius 1 is 1.20 bits per heavy atom. The number of para-hydroxylation sites is 1. The van der Waals surface area contributed by atoms with E-state index in [-0.39, 0.29) is 0 Å². The highest BCUT2D eigenvalue weighted by Gasteiger charge is 2.12. The standard InChI is InChI=1S/C12H9ClN6S/c13-8-6-10(14)11(15-7-8)20-12-16-17-18-19(12)9-4-2-1-3-5-9/h1-7H,14H2. The van der Waals surface area contributed by atoms with Crippen LogP contribution in [0.4, 0.5) is 5.69 Å². The molecule has 0 aliphatic heterocycles. The van der Waals surface area contributed by atoms with E-state index in [1.807, 2.05) is 30.3 Å². The van der Waals surface area contributed by atoms with Crippen molar-refractivity contribution in [3.05, 3.63) is 47.6 Å². The number of halogens is 1. The van der Waals surface area contributed by atoms with Gasteiger partial charge in [-0.25, -0.2) is 4.98 Å². The molecule has 0 bridgehead atoms. The number of nitrogen functional groups attached to an aromatic ring is 1. The molecule has 100 valence electrons. The third-order valence-corrected chi connectivity index (χ3v) is 3.65. The van der Waals surface area contributed by atoms with E-state index in [0.717, 1.165) is 5.69 Å². The fourth-order valence-electron chi connectivity index (χ4n) is 1.59. The molecule has 0 fully saturated rings. The van der Waals surface area contributed by atoms with Crippen LogP contribution in [0, 0.1) is 0 Å². The second-order valence-electron chi connectivity index (χ2n) is 3.86. The highest BCUT2D eigenvalue weighted by Crippen LogP contribution is 2.30. The summed E-state index contributed by atoms with van der Waals surface area (Å²) in [4.78, 5) is 4.18. The molecule has 0 radical (unpaired) electrons. The molecule has 0 saturated heterocycles. The van der Waals surface area contributed by atoms with E-state index in [1.165, 1.54) is 18.0 Å². The van der Waals surface area contributed by atoms with Gasteiger partial charge in [-0.05, 0) is 40.4 Å². The molecule has 3 aromatic rings. The van der Waals surface area contributed by atoms with E-state index in [1.54, 1.807) is 10.7 Å². The number of benzene rings is 1. The van der Waals surface area contributed by atoms with E-state index in [9.17, 15) is 0 Å². The average molecular weight is 305 g/mol. The van der Waals surface area contributed by atoms with Crippen molar-refractivity contribution in [1.82, 2.24) is 25.2 Å². The maximum Gasteiger partial charge on any atom is 0.220 e. The van der Waals surface area contributed by atoms with Crippen molar-refractivity contribution in [3.63, 3.8) is 0 Å². The van der Waals surface area contributed by atoms with Gasteiger partial charge in [0.25, 0.3) is 0 Å². The number of nitrogens with zero attached hydrogens (tertiary/aromatic N) is 5. The van der Waals surface area contributed by atoms with Crippen LogP contribution < -0.4 is 5.73 Å². The first-order valence-corrected chi connectivity index (χ1v) is 6.86. The van der Waals surface area contributed by atoms with Crippen LogP contribution in [0.5, 0.6) is 0 Å². The molecule has 0 saturated carbocycles. The summed E-state index contributed by atoms with van der Waals surface area (Å²) in [6, 6.07) is 11.2. The van der Waals surface area contributed by atoms with Gasteiger partial charge in [0.15, 0.2) is 0 Å². The van der Waals surface area contributed by atoms with Crippen LogP contribution in [-0.2, 0) is 0 Å². The number of anilines is 1. The molecule has 0 aliphatic rings. The first-order valence-electron chi connectivity index (χ1n) is 5.67. The summed E-state index contributed by atoms with van der Waals surface area (Å²) in [5.74, 6) is 0. The summed E-state index contributed by atoms with van der Waals surface area (Å²) in [6.45, 7) is 0. The number of pyridine rings is 1. The molecule has 20 heavy (non-hydrogen) atoms. The lowest BCUT2D eigenvalue weighted by Gasteiger charge is -2.05. The molecule has 6 nitrogen and oxygen atoms in total. The minimum absolute atomic E-state index is 0.491. The second kappa shape index (κ2) is 5.48. The monoisotopic (exact) mass is 304 g/mol. The van der Waals surface area contributed by atoms with Crippen molar-refractivity contribution in [2.75, 3.05) is 5.73 Å². The molecule has 0 spiro atoms. The van der Waals surface area contributed by atoms with Crippen molar-refractivity contribution in [2.24, 2.45) is 0 Å². The van der Waals surface area contributed by atoms with Gasteiger partial charge in [-0.2, -0.15) is 4.68 Å². The van der Waals surface area contributed by atoms with Gasteiger partial charge < -0.3 is 5.73 Å². The predicted molar refractivity (Wildman–Crippen MR) is 76.9 cm³/mol. The predicted octanol–water partition coefficient (Wildman–Crippen LogP) is 2.44. The molecular weight excluding hydrogens is 296 g/mol. The Hall–Kier alpha value is -2.12. The van der Waals surface area contributed by atoms with E-state index in [0.29, 0.717) is 20.9 Å². The number of tetrazole rings is 1. The number of hydrogen-bond donors (Lipinski definition) is 1. The van der Waals surface area contributed by atoms with Crippen LogP contribution in [0.25, 0.3) is 5.69 Å². The van der Waals surface area contributed by atoms with Gasteiger partial charge in [0.05, 0.1) is 16.4 Å². The molecular formula is C12H9ClN6S. The Morgan fingerprint density at radius 2 is 2.00 bits per heavy atom. The van der Waals surface area contributed by atoms with Gasteiger partial charge in [-0.1, -0.05) is 29.8 Å². The minimum Gasteiger partial charge on any atom is -0.396 e. The smallest absolute Gasteiger partial charge is 0.220 e. The maximum absolute atomic E-state index is 5.88. The zero-order valence-corrected chi connectivity index (χ0v) is 11.7. The molecule has 0 aliphatic carbocycles. The maximum atomic E-state index is 5.88. The molecule has 2 N–H and O–H groups in total. The number of hydrogen-bond acceptors (Lipinski definition) is 6. The first kappa shape index (κ1) is 12.9. The first-order chi connectivity index (χ1) is 9.74. The van der Waals surface area contributed by atoms with Crippen molar-refractivity contribution < 1.29 is 0 Å². The molecule has 0 amide bonds. The third-order valence-electron chi connectivity index (χ3n) is 2.48. The highest BCUT2D eigenvalue weighted by molar-refractivity contribution is 7.99. The normalized spacial score (nSPS) is 10.7. The molecule has 0 unspecified atom stereocenters. The molecule has 2 heterocycles. The average Bonchev–Trinajstić information content (AvgIpc) is 2.91. The van der Waals surface area contributed by atoms with Crippen LogP contribution in [0.1, 0.15) is 0 Å². The van der Waals surface area contributed by atoms with Crippen molar-refractivity contribution >= 4 is 29.1 Å². The Kier molecular flexibility index (Phi) is 3.53. The molecule has 0 atom stereocenters. The van der Waals surface area contributed by atoms with Crippen LogP contribution in [0.2, 0.25) is 5.02 Å².